The second-order valence-corrected chi connectivity index (χ2v) is 4.88. The molecule has 0 saturated heterocycles. The van der Waals surface area contributed by atoms with Crippen LogP contribution in [0.25, 0.3) is 0 Å². The predicted molar refractivity (Wildman–Crippen MR) is 71.8 cm³/mol. The molecule has 0 heterocycles. The van der Waals surface area contributed by atoms with Crippen molar-refractivity contribution < 1.29 is 0 Å². The molecule has 1 aromatic carbocycles. The van der Waals surface area contributed by atoms with Crippen LogP contribution in [-0.2, 0) is 6.42 Å². The van der Waals surface area contributed by atoms with E-state index < -0.39 is 0 Å². The SMILES string of the molecule is CCC(CC)CC(N)Cc1ccccc1Cl. The Hall–Kier alpha value is -0.530. The molecule has 0 radical (unpaired) electrons. The Kier molecular flexibility index (Phi) is 5.86. The molecule has 1 unspecified atom stereocenters. The number of nitrogens with two attached hydrogens (primary N) is 1. The first-order chi connectivity index (χ1) is 7.67. The van der Waals surface area contributed by atoms with Crippen molar-refractivity contribution in [2.75, 3.05) is 0 Å². The minimum atomic E-state index is 0.227. The van der Waals surface area contributed by atoms with Crippen molar-refractivity contribution in [2.45, 2.75) is 45.6 Å². The van der Waals surface area contributed by atoms with Crippen LogP contribution in [0.2, 0.25) is 5.02 Å². The number of hydrogen-bond acceptors (Lipinski definition) is 1. The van der Waals surface area contributed by atoms with E-state index in [9.17, 15) is 0 Å². The largest absolute Gasteiger partial charge is 0.327 e. The Morgan fingerprint density at radius 1 is 1.19 bits per heavy atom. The Morgan fingerprint density at radius 2 is 1.81 bits per heavy atom. The topological polar surface area (TPSA) is 26.0 Å². The zero-order valence-electron chi connectivity index (χ0n) is 10.2. The van der Waals surface area contributed by atoms with Gasteiger partial charge in [-0.15, -0.1) is 0 Å². The summed E-state index contributed by atoms with van der Waals surface area (Å²) in [4.78, 5) is 0. The van der Waals surface area contributed by atoms with Crippen LogP contribution in [0, 0.1) is 5.92 Å². The van der Waals surface area contributed by atoms with Gasteiger partial charge in [0, 0.05) is 11.1 Å². The number of halogens is 1. The lowest BCUT2D eigenvalue weighted by atomic mass is 9.92. The third-order valence-corrected chi connectivity index (χ3v) is 3.60. The number of rotatable bonds is 6. The quantitative estimate of drug-likeness (QED) is 0.797. The molecule has 0 amide bonds. The summed E-state index contributed by atoms with van der Waals surface area (Å²) in [5.74, 6) is 0.748. The summed E-state index contributed by atoms with van der Waals surface area (Å²) in [6.07, 6.45) is 4.41. The van der Waals surface area contributed by atoms with Crippen LogP contribution in [0.15, 0.2) is 24.3 Å². The predicted octanol–water partition coefficient (Wildman–Crippen LogP) is 4.04. The third-order valence-electron chi connectivity index (χ3n) is 3.23. The first-order valence-corrected chi connectivity index (χ1v) is 6.54. The van der Waals surface area contributed by atoms with Crippen molar-refractivity contribution in [3.8, 4) is 0 Å². The molecule has 0 spiro atoms. The van der Waals surface area contributed by atoms with Crippen molar-refractivity contribution in [1.82, 2.24) is 0 Å². The maximum atomic E-state index is 6.17. The van der Waals surface area contributed by atoms with Crippen molar-refractivity contribution in [1.29, 1.82) is 0 Å². The van der Waals surface area contributed by atoms with E-state index in [4.69, 9.17) is 17.3 Å². The zero-order valence-corrected chi connectivity index (χ0v) is 11.0. The summed E-state index contributed by atoms with van der Waals surface area (Å²) in [7, 11) is 0. The van der Waals surface area contributed by atoms with Crippen molar-refractivity contribution in [2.24, 2.45) is 11.7 Å². The highest BCUT2D eigenvalue weighted by Gasteiger charge is 2.12. The average molecular weight is 240 g/mol. The molecular formula is C14H22ClN. The zero-order chi connectivity index (χ0) is 12.0. The van der Waals surface area contributed by atoms with Crippen LogP contribution < -0.4 is 5.73 Å². The van der Waals surface area contributed by atoms with Gasteiger partial charge in [-0.3, -0.25) is 0 Å². The molecule has 1 nitrogen and oxygen atoms in total. The number of hydrogen-bond donors (Lipinski definition) is 1. The molecule has 0 aliphatic heterocycles. The molecule has 0 saturated carbocycles. The van der Waals surface area contributed by atoms with Gasteiger partial charge in [-0.25, -0.2) is 0 Å². The molecule has 0 aliphatic carbocycles. The van der Waals surface area contributed by atoms with Gasteiger partial charge in [0.05, 0.1) is 0 Å². The van der Waals surface area contributed by atoms with Crippen molar-refractivity contribution >= 4 is 11.6 Å². The van der Waals surface area contributed by atoms with E-state index in [1.165, 1.54) is 18.4 Å². The van der Waals surface area contributed by atoms with E-state index in [2.05, 4.69) is 19.9 Å². The maximum absolute atomic E-state index is 6.17. The summed E-state index contributed by atoms with van der Waals surface area (Å²) >= 11 is 6.12. The molecule has 0 fully saturated rings. The average Bonchev–Trinajstić information content (AvgIpc) is 2.29. The van der Waals surface area contributed by atoms with E-state index in [1.54, 1.807) is 0 Å². The lowest BCUT2D eigenvalue weighted by Crippen LogP contribution is -2.26. The fourth-order valence-corrected chi connectivity index (χ4v) is 2.29. The van der Waals surface area contributed by atoms with Crippen LogP contribution in [0.3, 0.4) is 0 Å². The number of benzene rings is 1. The van der Waals surface area contributed by atoms with Gasteiger partial charge in [-0.05, 0) is 30.4 Å². The van der Waals surface area contributed by atoms with Crippen molar-refractivity contribution in [3.05, 3.63) is 34.9 Å². The molecule has 16 heavy (non-hydrogen) atoms. The van der Waals surface area contributed by atoms with Gasteiger partial charge in [0.1, 0.15) is 0 Å². The summed E-state index contributed by atoms with van der Waals surface area (Å²) in [5, 5.41) is 0.836. The van der Waals surface area contributed by atoms with Crippen LogP contribution in [0.4, 0.5) is 0 Å². The van der Waals surface area contributed by atoms with Crippen LogP contribution in [0.5, 0.6) is 0 Å². The van der Waals surface area contributed by atoms with E-state index in [1.807, 2.05) is 18.2 Å². The van der Waals surface area contributed by atoms with E-state index in [-0.39, 0.29) is 6.04 Å². The minimum absolute atomic E-state index is 0.227. The first-order valence-electron chi connectivity index (χ1n) is 6.16. The normalized spacial score (nSPS) is 13.1. The molecule has 90 valence electrons. The van der Waals surface area contributed by atoms with Crippen molar-refractivity contribution in [3.63, 3.8) is 0 Å². The maximum Gasteiger partial charge on any atom is 0.0438 e. The fourth-order valence-electron chi connectivity index (χ4n) is 2.08. The highest BCUT2D eigenvalue weighted by Crippen LogP contribution is 2.20. The molecule has 2 N–H and O–H groups in total. The fraction of sp³-hybridized carbons (Fsp3) is 0.571. The monoisotopic (exact) mass is 239 g/mol. The van der Waals surface area contributed by atoms with Gasteiger partial charge < -0.3 is 5.73 Å². The minimum Gasteiger partial charge on any atom is -0.327 e. The standard InChI is InChI=1S/C14H22ClN/c1-3-11(4-2)9-13(16)10-12-7-5-6-8-14(12)15/h5-8,11,13H,3-4,9-10,16H2,1-2H3. The second-order valence-electron chi connectivity index (χ2n) is 4.47. The van der Waals surface area contributed by atoms with Crippen LogP contribution in [-0.4, -0.2) is 6.04 Å². The first kappa shape index (κ1) is 13.5. The lowest BCUT2D eigenvalue weighted by molar-refractivity contribution is 0.407. The van der Waals surface area contributed by atoms with Gasteiger partial charge in [0.15, 0.2) is 0 Å². The molecular weight excluding hydrogens is 218 g/mol. The highest BCUT2D eigenvalue weighted by atomic mass is 35.5. The molecule has 0 bridgehead atoms. The Bertz CT molecular complexity index is 307. The van der Waals surface area contributed by atoms with Crippen LogP contribution >= 0.6 is 11.6 Å². The smallest absolute Gasteiger partial charge is 0.0438 e. The third kappa shape index (κ3) is 4.15. The molecule has 1 rings (SSSR count). The van der Waals surface area contributed by atoms with E-state index in [0.717, 1.165) is 23.8 Å². The van der Waals surface area contributed by atoms with Gasteiger partial charge >= 0.3 is 0 Å². The summed E-state index contributed by atoms with van der Waals surface area (Å²) in [6.45, 7) is 4.47. The molecule has 1 atom stereocenters. The van der Waals surface area contributed by atoms with Gasteiger partial charge in [-0.1, -0.05) is 56.5 Å². The summed E-state index contributed by atoms with van der Waals surface area (Å²) in [5.41, 5.74) is 7.34. The molecule has 0 aliphatic rings. The van der Waals surface area contributed by atoms with Crippen LogP contribution in [0.1, 0.15) is 38.7 Å². The van der Waals surface area contributed by atoms with Gasteiger partial charge in [0.25, 0.3) is 0 Å². The Labute approximate surface area is 104 Å². The highest BCUT2D eigenvalue weighted by molar-refractivity contribution is 6.31. The summed E-state index contributed by atoms with van der Waals surface area (Å²) < 4.78 is 0. The Morgan fingerprint density at radius 3 is 2.38 bits per heavy atom. The Balaban J connectivity index is 2.51. The van der Waals surface area contributed by atoms with Gasteiger partial charge in [0.2, 0.25) is 0 Å². The molecule has 0 aromatic heterocycles. The van der Waals surface area contributed by atoms with E-state index >= 15 is 0 Å². The van der Waals surface area contributed by atoms with E-state index in [0.29, 0.717) is 0 Å². The molecule has 1 aromatic rings. The summed E-state index contributed by atoms with van der Waals surface area (Å²) in [6, 6.07) is 8.20. The molecule has 2 heteroatoms. The van der Waals surface area contributed by atoms with Gasteiger partial charge in [-0.2, -0.15) is 0 Å². The lowest BCUT2D eigenvalue weighted by Gasteiger charge is -2.18. The second kappa shape index (κ2) is 6.93.